The van der Waals surface area contributed by atoms with Crippen LogP contribution >= 0.6 is 11.8 Å². The lowest BCUT2D eigenvalue weighted by Crippen LogP contribution is -2.47. The first kappa shape index (κ1) is 14.7. The third kappa shape index (κ3) is 2.62. The van der Waals surface area contributed by atoms with Crippen molar-refractivity contribution in [1.29, 1.82) is 5.26 Å². The molecule has 1 aromatic carbocycles. The first-order valence-corrected chi connectivity index (χ1v) is 8.15. The molecule has 2 aliphatic rings. The van der Waals surface area contributed by atoms with E-state index < -0.39 is 5.54 Å². The first-order valence-electron chi connectivity index (χ1n) is 6.99. The van der Waals surface area contributed by atoms with Crippen LogP contribution in [0.1, 0.15) is 12.0 Å². The number of hydrogen-bond acceptors (Lipinski definition) is 5. The fourth-order valence-corrected chi connectivity index (χ4v) is 3.95. The van der Waals surface area contributed by atoms with Crippen molar-refractivity contribution in [3.05, 3.63) is 29.8 Å². The standard InChI is InChI=1S/C15H15N3O3S/c16-9-11-2-1-3-12(8-11)21-6-5-18-13(19)15(17-14(18)20)4-7-22-10-15/h1-3,8H,4-7,10H2,(H,17,20)/t15-/m0/s1. The Balaban J connectivity index is 1.58. The number of carbonyl (C=O) groups excluding carboxylic acids is 2. The van der Waals surface area contributed by atoms with Crippen LogP contribution in [-0.2, 0) is 4.79 Å². The molecule has 1 atom stereocenters. The van der Waals surface area contributed by atoms with Crippen molar-refractivity contribution < 1.29 is 14.3 Å². The summed E-state index contributed by atoms with van der Waals surface area (Å²) >= 11 is 1.68. The highest BCUT2D eigenvalue weighted by Crippen LogP contribution is 2.33. The number of ether oxygens (including phenoxy) is 1. The highest BCUT2D eigenvalue weighted by atomic mass is 32.2. The number of rotatable bonds is 4. The van der Waals surface area contributed by atoms with E-state index in [2.05, 4.69) is 5.32 Å². The molecule has 0 radical (unpaired) electrons. The van der Waals surface area contributed by atoms with Crippen LogP contribution in [0.25, 0.3) is 0 Å². The fraction of sp³-hybridized carbons (Fsp3) is 0.400. The topological polar surface area (TPSA) is 82.4 Å². The van der Waals surface area contributed by atoms with Crippen LogP contribution in [0.4, 0.5) is 4.79 Å². The summed E-state index contributed by atoms with van der Waals surface area (Å²) < 4.78 is 5.53. The van der Waals surface area contributed by atoms with Gasteiger partial charge in [0.2, 0.25) is 0 Å². The zero-order chi connectivity index (χ0) is 15.6. The van der Waals surface area contributed by atoms with Crippen LogP contribution in [0.2, 0.25) is 0 Å². The molecule has 3 amide bonds. The van der Waals surface area contributed by atoms with E-state index >= 15 is 0 Å². The van der Waals surface area contributed by atoms with E-state index in [1.54, 1.807) is 36.0 Å². The number of carbonyl (C=O) groups is 2. The second-order valence-electron chi connectivity index (χ2n) is 5.26. The minimum absolute atomic E-state index is 0.156. The molecule has 7 heteroatoms. The van der Waals surface area contributed by atoms with Gasteiger partial charge in [-0.15, -0.1) is 0 Å². The lowest BCUT2D eigenvalue weighted by molar-refractivity contribution is -0.130. The minimum Gasteiger partial charge on any atom is -0.492 e. The number of benzene rings is 1. The monoisotopic (exact) mass is 317 g/mol. The predicted octanol–water partition coefficient (Wildman–Crippen LogP) is 1.36. The third-order valence-electron chi connectivity index (χ3n) is 3.81. The van der Waals surface area contributed by atoms with Crippen molar-refractivity contribution in [2.24, 2.45) is 0 Å². The Labute approximate surface area is 132 Å². The maximum absolute atomic E-state index is 12.4. The van der Waals surface area contributed by atoms with Crippen LogP contribution in [0, 0.1) is 11.3 Å². The van der Waals surface area contributed by atoms with Gasteiger partial charge in [-0.2, -0.15) is 17.0 Å². The van der Waals surface area contributed by atoms with Crippen molar-refractivity contribution in [2.75, 3.05) is 24.7 Å². The molecule has 2 heterocycles. The molecule has 0 aliphatic carbocycles. The van der Waals surface area contributed by atoms with Gasteiger partial charge in [-0.25, -0.2) is 4.79 Å². The van der Waals surface area contributed by atoms with E-state index in [0.717, 1.165) is 5.75 Å². The lowest BCUT2D eigenvalue weighted by atomic mass is 9.99. The lowest BCUT2D eigenvalue weighted by Gasteiger charge is -2.19. The average molecular weight is 317 g/mol. The summed E-state index contributed by atoms with van der Waals surface area (Å²) in [7, 11) is 0. The van der Waals surface area contributed by atoms with Gasteiger partial charge in [0.25, 0.3) is 5.91 Å². The van der Waals surface area contributed by atoms with Crippen LogP contribution in [0.15, 0.2) is 24.3 Å². The van der Waals surface area contributed by atoms with E-state index in [9.17, 15) is 9.59 Å². The molecule has 2 fully saturated rings. The van der Waals surface area contributed by atoms with E-state index in [1.165, 1.54) is 4.90 Å². The van der Waals surface area contributed by atoms with Crippen molar-refractivity contribution in [3.8, 4) is 11.8 Å². The molecule has 3 rings (SSSR count). The van der Waals surface area contributed by atoms with Gasteiger partial charge in [0.1, 0.15) is 17.9 Å². The summed E-state index contributed by atoms with van der Waals surface area (Å²) in [5.74, 6) is 1.92. The highest BCUT2D eigenvalue weighted by molar-refractivity contribution is 7.99. The van der Waals surface area contributed by atoms with E-state index in [0.29, 0.717) is 23.5 Å². The summed E-state index contributed by atoms with van der Waals surface area (Å²) in [6, 6.07) is 8.47. The normalized spacial score (nSPS) is 23.7. The molecule has 0 saturated carbocycles. The molecule has 2 aliphatic heterocycles. The zero-order valence-corrected chi connectivity index (χ0v) is 12.7. The Kier molecular flexibility index (Phi) is 3.94. The number of thioether (sulfide) groups is 1. The van der Waals surface area contributed by atoms with Gasteiger partial charge in [-0.05, 0) is 30.4 Å². The Morgan fingerprint density at radius 1 is 1.45 bits per heavy atom. The molecule has 6 nitrogen and oxygen atoms in total. The SMILES string of the molecule is N#Cc1cccc(OCCN2C(=O)N[C@]3(CCSC3)C2=O)c1. The molecule has 2 saturated heterocycles. The smallest absolute Gasteiger partial charge is 0.325 e. The quantitative estimate of drug-likeness (QED) is 0.848. The molecule has 0 bridgehead atoms. The number of urea groups is 1. The molecule has 1 N–H and O–H groups in total. The number of amides is 3. The number of nitrogens with zero attached hydrogens (tertiary/aromatic N) is 2. The number of imide groups is 1. The second kappa shape index (κ2) is 5.89. The van der Waals surface area contributed by atoms with Crippen molar-refractivity contribution in [3.63, 3.8) is 0 Å². The van der Waals surface area contributed by atoms with Crippen molar-refractivity contribution >= 4 is 23.7 Å². The van der Waals surface area contributed by atoms with Crippen LogP contribution in [0.5, 0.6) is 5.75 Å². The molecule has 1 aromatic rings. The van der Waals surface area contributed by atoms with E-state index in [4.69, 9.17) is 10.00 Å². The molecular formula is C15H15N3O3S. The Hall–Kier alpha value is -2.20. The Bertz CT molecular complexity index is 650. The van der Waals surface area contributed by atoms with Gasteiger partial charge in [-0.3, -0.25) is 9.69 Å². The molecule has 0 unspecified atom stereocenters. The predicted molar refractivity (Wildman–Crippen MR) is 81.6 cm³/mol. The summed E-state index contributed by atoms with van der Waals surface area (Å²) in [6.45, 7) is 0.408. The van der Waals surface area contributed by atoms with Gasteiger partial charge >= 0.3 is 6.03 Å². The molecular weight excluding hydrogens is 302 g/mol. The number of hydrogen-bond donors (Lipinski definition) is 1. The van der Waals surface area contributed by atoms with E-state index in [-0.39, 0.29) is 25.1 Å². The highest BCUT2D eigenvalue weighted by Gasteiger charge is 2.52. The maximum Gasteiger partial charge on any atom is 0.325 e. The molecule has 0 aromatic heterocycles. The number of nitriles is 1. The van der Waals surface area contributed by atoms with Crippen molar-refractivity contribution in [2.45, 2.75) is 12.0 Å². The van der Waals surface area contributed by atoms with E-state index in [1.807, 2.05) is 6.07 Å². The van der Waals surface area contributed by atoms with Gasteiger partial charge in [-0.1, -0.05) is 6.07 Å². The van der Waals surface area contributed by atoms with Crippen molar-refractivity contribution in [1.82, 2.24) is 10.2 Å². The maximum atomic E-state index is 12.4. The molecule has 1 spiro atoms. The first-order chi connectivity index (χ1) is 10.6. The van der Waals surface area contributed by atoms with Gasteiger partial charge in [0.05, 0.1) is 18.2 Å². The zero-order valence-electron chi connectivity index (χ0n) is 11.9. The largest absolute Gasteiger partial charge is 0.492 e. The molecule has 22 heavy (non-hydrogen) atoms. The van der Waals surface area contributed by atoms with Crippen LogP contribution < -0.4 is 10.1 Å². The van der Waals surface area contributed by atoms with Gasteiger partial charge in [0, 0.05) is 5.75 Å². The second-order valence-corrected chi connectivity index (χ2v) is 6.36. The number of nitrogens with one attached hydrogen (secondary N) is 1. The van der Waals surface area contributed by atoms with Gasteiger partial charge < -0.3 is 10.1 Å². The van der Waals surface area contributed by atoms with Crippen LogP contribution in [0.3, 0.4) is 0 Å². The minimum atomic E-state index is -0.706. The average Bonchev–Trinajstić information content (AvgIpc) is 3.08. The third-order valence-corrected chi connectivity index (χ3v) is 5.00. The summed E-state index contributed by atoms with van der Waals surface area (Å²) in [4.78, 5) is 25.6. The summed E-state index contributed by atoms with van der Waals surface area (Å²) in [5.41, 5.74) is -0.197. The Morgan fingerprint density at radius 2 is 2.32 bits per heavy atom. The van der Waals surface area contributed by atoms with Crippen LogP contribution in [-0.4, -0.2) is 47.0 Å². The summed E-state index contributed by atoms with van der Waals surface area (Å²) in [5, 5.41) is 11.6. The fourth-order valence-electron chi connectivity index (χ4n) is 2.62. The molecule has 114 valence electrons. The summed E-state index contributed by atoms with van der Waals surface area (Å²) in [6.07, 6.45) is 0.684. The van der Waals surface area contributed by atoms with Gasteiger partial charge in [0.15, 0.2) is 0 Å². The Morgan fingerprint density at radius 3 is 3.05 bits per heavy atom.